The summed E-state index contributed by atoms with van der Waals surface area (Å²) in [5.74, 6) is 0.790. The molecule has 1 unspecified atom stereocenters. The topological polar surface area (TPSA) is 9.23 Å². The van der Waals surface area contributed by atoms with Crippen LogP contribution in [0.15, 0.2) is 11.5 Å². The van der Waals surface area contributed by atoms with E-state index in [1.165, 1.54) is 19.3 Å². The highest BCUT2D eigenvalue weighted by Gasteiger charge is 2.30. The maximum atomic E-state index is 5.40. The molecule has 0 N–H and O–H groups in total. The van der Waals surface area contributed by atoms with E-state index in [2.05, 4.69) is 13.4 Å². The molecule has 10 heavy (non-hydrogen) atoms. The Balaban J connectivity index is 1.90. The maximum absolute atomic E-state index is 5.40. The lowest BCUT2D eigenvalue weighted by molar-refractivity contribution is 0.132. The average molecular weight is 135 g/mol. The quantitative estimate of drug-likeness (QED) is 0.458. The third-order valence-corrected chi connectivity index (χ3v) is 2.16. The molecule has 0 saturated carbocycles. The summed E-state index contributed by atoms with van der Waals surface area (Å²) in [6.45, 7) is 1.91. The Morgan fingerprint density at radius 1 is 1.50 bits per heavy atom. The second kappa shape index (κ2) is 2.79. The Labute approximate surface area is 62.7 Å². The summed E-state index contributed by atoms with van der Waals surface area (Å²) < 4.78 is 5.40. The van der Waals surface area contributed by atoms with Gasteiger partial charge in [-0.2, -0.15) is 0 Å². The van der Waals surface area contributed by atoms with Gasteiger partial charge in [-0.15, -0.1) is 5.47 Å². The van der Waals surface area contributed by atoms with E-state index < -0.39 is 0 Å². The lowest BCUT2D eigenvalue weighted by Crippen LogP contribution is -1.95. The first-order valence-electron chi connectivity index (χ1n) is 4.09. The van der Waals surface area contributed by atoms with Crippen molar-refractivity contribution in [2.24, 2.45) is 0 Å². The maximum Gasteiger partial charge on any atom is 0.152 e. The SMILES string of the molecule is [B]1C2=CCCCOCCC12. The number of fused-ring (bicyclic) bond motifs is 1. The second-order valence-electron chi connectivity index (χ2n) is 3.02. The van der Waals surface area contributed by atoms with Crippen LogP contribution in [0.2, 0.25) is 5.82 Å². The van der Waals surface area contributed by atoms with Crippen molar-refractivity contribution in [1.29, 1.82) is 0 Å². The Hall–Kier alpha value is -0.235. The third kappa shape index (κ3) is 1.43. The van der Waals surface area contributed by atoms with E-state index in [1.807, 2.05) is 0 Å². The van der Waals surface area contributed by atoms with Gasteiger partial charge in [0.15, 0.2) is 7.28 Å². The van der Waals surface area contributed by atoms with E-state index in [4.69, 9.17) is 4.74 Å². The van der Waals surface area contributed by atoms with E-state index >= 15 is 0 Å². The first-order chi connectivity index (χ1) is 4.97. The molecule has 2 heteroatoms. The highest BCUT2D eigenvalue weighted by molar-refractivity contribution is 6.63. The Bertz CT molecular complexity index is 153. The molecule has 0 aromatic carbocycles. The van der Waals surface area contributed by atoms with Crippen LogP contribution in [-0.2, 0) is 4.74 Å². The molecule has 2 aliphatic heterocycles. The zero-order chi connectivity index (χ0) is 6.81. The number of hydrogen-bond donors (Lipinski definition) is 0. The molecule has 2 aliphatic rings. The van der Waals surface area contributed by atoms with Gasteiger partial charge in [0, 0.05) is 13.2 Å². The van der Waals surface area contributed by atoms with Gasteiger partial charge in [-0.05, 0) is 25.1 Å². The predicted octanol–water partition coefficient (Wildman–Crippen LogP) is 1.58. The standard InChI is InChI=1S/C8H12BO/c1-2-5-10-6-4-8-7(3-1)9-8/h3,8H,1-2,4-6H2. The smallest absolute Gasteiger partial charge is 0.152 e. The largest absolute Gasteiger partial charge is 0.381 e. The fourth-order valence-corrected chi connectivity index (χ4v) is 1.42. The van der Waals surface area contributed by atoms with Crippen LogP contribution in [-0.4, -0.2) is 20.5 Å². The molecule has 0 spiro atoms. The van der Waals surface area contributed by atoms with Gasteiger partial charge in [-0.25, -0.2) is 0 Å². The highest BCUT2D eigenvalue weighted by atomic mass is 16.5. The van der Waals surface area contributed by atoms with Crippen LogP contribution in [0.3, 0.4) is 0 Å². The van der Waals surface area contributed by atoms with E-state index in [9.17, 15) is 0 Å². The minimum Gasteiger partial charge on any atom is -0.381 e. The van der Waals surface area contributed by atoms with Gasteiger partial charge in [0.1, 0.15) is 0 Å². The van der Waals surface area contributed by atoms with Crippen LogP contribution in [0, 0.1) is 0 Å². The molecule has 2 rings (SSSR count). The molecule has 1 saturated heterocycles. The predicted molar refractivity (Wildman–Crippen MR) is 42.3 cm³/mol. The molecule has 0 amide bonds. The number of rotatable bonds is 0. The van der Waals surface area contributed by atoms with Crippen LogP contribution < -0.4 is 0 Å². The molecule has 1 fully saturated rings. The number of allylic oxidation sites excluding steroid dienone is 2. The lowest BCUT2D eigenvalue weighted by Gasteiger charge is -1.99. The monoisotopic (exact) mass is 135 g/mol. The number of hydrogen-bond acceptors (Lipinski definition) is 1. The van der Waals surface area contributed by atoms with E-state index in [-0.39, 0.29) is 0 Å². The van der Waals surface area contributed by atoms with Gasteiger partial charge in [0.2, 0.25) is 0 Å². The van der Waals surface area contributed by atoms with Crippen molar-refractivity contribution in [3.05, 3.63) is 11.5 Å². The zero-order valence-corrected chi connectivity index (χ0v) is 6.18. The molecule has 1 radical (unpaired) electrons. The van der Waals surface area contributed by atoms with Crippen LogP contribution in [0.25, 0.3) is 0 Å². The molecule has 2 heterocycles. The highest BCUT2D eigenvalue weighted by Crippen LogP contribution is 2.38. The molecule has 0 aromatic rings. The van der Waals surface area contributed by atoms with E-state index in [0.29, 0.717) is 0 Å². The van der Waals surface area contributed by atoms with Gasteiger partial charge >= 0.3 is 0 Å². The summed E-state index contributed by atoms with van der Waals surface area (Å²) in [6.07, 6.45) is 5.98. The molecular formula is C8H12BO. The van der Waals surface area contributed by atoms with Crippen LogP contribution in [0.5, 0.6) is 0 Å². The minimum atomic E-state index is 0.790. The zero-order valence-electron chi connectivity index (χ0n) is 6.18. The minimum absolute atomic E-state index is 0.790. The van der Waals surface area contributed by atoms with Crippen molar-refractivity contribution in [1.82, 2.24) is 0 Å². The Kier molecular flexibility index (Phi) is 1.81. The summed E-state index contributed by atoms with van der Waals surface area (Å²) >= 11 is 0. The normalized spacial score (nSPS) is 32.0. The summed E-state index contributed by atoms with van der Waals surface area (Å²) in [5, 5.41) is 0. The average Bonchev–Trinajstić information content (AvgIpc) is 2.66. The van der Waals surface area contributed by atoms with Crippen LogP contribution >= 0.6 is 0 Å². The molecular weight excluding hydrogens is 123 g/mol. The third-order valence-electron chi connectivity index (χ3n) is 2.16. The van der Waals surface area contributed by atoms with Crippen molar-refractivity contribution < 1.29 is 4.74 Å². The molecule has 1 atom stereocenters. The molecule has 53 valence electrons. The van der Waals surface area contributed by atoms with Gasteiger partial charge in [0.05, 0.1) is 0 Å². The Morgan fingerprint density at radius 3 is 3.50 bits per heavy atom. The first-order valence-corrected chi connectivity index (χ1v) is 4.09. The Morgan fingerprint density at radius 2 is 2.50 bits per heavy atom. The van der Waals surface area contributed by atoms with Gasteiger partial charge in [0.25, 0.3) is 0 Å². The summed E-state index contributed by atoms with van der Waals surface area (Å²) in [4.78, 5) is 0. The van der Waals surface area contributed by atoms with E-state index in [1.54, 1.807) is 5.47 Å². The van der Waals surface area contributed by atoms with Gasteiger partial charge < -0.3 is 4.74 Å². The van der Waals surface area contributed by atoms with Crippen molar-refractivity contribution >= 4 is 7.28 Å². The lowest BCUT2D eigenvalue weighted by atomic mass is 9.99. The van der Waals surface area contributed by atoms with Crippen molar-refractivity contribution in [3.63, 3.8) is 0 Å². The fraction of sp³-hybridized carbons (Fsp3) is 0.750. The van der Waals surface area contributed by atoms with Crippen molar-refractivity contribution in [2.45, 2.75) is 25.1 Å². The second-order valence-corrected chi connectivity index (χ2v) is 3.02. The fourth-order valence-electron chi connectivity index (χ4n) is 1.42. The van der Waals surface area contributed by atoms with Crippen LogP contribution in [0.1, 0.15) is 19.3 Å². The van der Waals surface area contributed by atoms with Crippen molar-refractivity contribution in [2.75, 3.05) is 13.2 Å². The molecule has 1 nitrogen and oxygen atoms in total. The molecule has 0 bridgehead atoms. The summed E-state index contributed by atoms with van der Waals surface area (Å²) in [5.41, 5.74) is 1.57. The molecule has 0 aliphatic carbocycles. The van der Waals surface area contributed by atoms with Crippen LogP contribution in [0.4, 0.5) is 0 Å². The first kappa shape index (κ1) is 6.47. The van der Waals surface area contributed by atoms with Gasteiger partial charge in [-0.3, -0.25) is 0 Å². The molecule has 0 aromatic heterocycles. The number of ether oxygens (including phenoxy) is 1. The summed E-state index contributed by atoms with van der Waals surface area (Å²) in [7, 11) is 2.34. The van der Waals surface area contributed by atoms with Gasteiger partial charge in [-0.1, -0.05) is 6.08 Å². The van der Waals surface area contributed by atoms with E-state index in [0.717, 1.165) is 19.0 Å². The van der Waals surface area contributed by atoms with Crippen molar-refractivity contribution in [3.8, 4) is 0 Å². The summed E-state index contributed by atoms with van der Waals surface area (Å²) in [6, 6.07) is 0.